The Labute approximate surface area is 123 Å². The van der Waals surface area contributed by atoms with Crippen LogP contribution >= 0.6 is 0 Å². The quantitative estimate of drug-likeness (QED) is 0.758. The van der Waals surface area contributed by atoms with Crippen LogP contribution in [0.25, 0.3) is 0 Å². The van der Waals surface area contributed by atoms with Gasteiger partial charge in [-0.05, 0) is 63.1 Å². The van der Waals surface area contributed by atoms with E-state index in [0.717, 1.165) is 19.5 Å². The summed E-state index contributed by atoms with van der Waals surface area (Å²) in [4.78, 5) is 0. The molecule has 1 aromatic rings. The lowest BCUT2D eigenvalue weighted by atomic mass is 9.89. The van der Waals surface area contributed by atoms with Crippen LogP contribution in [0.4, 0.5) is 0 Å². The van der Waals surface area contributed by atoms with Crippen LogP contribution in [0.2, 0.25) is 0 Å². The van der Waals surface area contributed by atoms with Crippen LogP contribution in [0.1, 0.15) is 56.6 Å². The fraction of sp³-hybridized carbons (Fsp3) is 0.667. The summed E-state index contributed by atoms with van der Waals surface area (Å²) in [5.41, 5.74) is 2.89. The molecule has 1 aromatic carbocycles. The summed E-state index contributed by atoms with van der Waals surface area (Å²) < 4.78 is 6.03. The largest absolute Gasteiger partial charge is 0.375 e. The van der Waals surface area contributed by atoms with E-state index in [1.54, 1.807) is 0 Å². The Morgan fingerprint density at radius 2 is 2.10 bits per heavy atom. The molecule has 112 valence electrons. The second-order valence-corrected chi connectivity index (χ2v) is 6.14. The number of hydrogen-bond donors (Lipinski definition) is 1. The standard InChI is InChI=1S/C18H29NO/c1-4-11-19-13-16(12-17-10-9-15(3)20-17)18-8-6-5-7-14(18)2/h5-8,15-17,19H,4,9-13H2,1-3H3. The molecule has 1 heterocycles. The van der Waals surface area contributed by atoms with E-state index in [4.69, 9.17) is 4.74 Å². The average molecular weight is 275 g/mol. The molecule has 1 aliphatic rings. The van der Waals surface area contributed by atoms with Gasteiger partial charge in [-0.3, -0.25) is 0 Å². The van der Waals surface area contributed by atoms with Crippen molar-refractivity contribution >= 4 is 0 Å². The van der Waals surface area contributed by atoms with Crippen LogP contribution in [-0.4, -0.2) is 25.3 Å². The third-order valence-corrected chi connectivity index (χ3v) is 4.31. The topological polar surface area (TPSA) is 21.3 Å². The van der Waals surface area contributed by atoms with Crippen LogP contribution < -0.4 is 5.32 Å². The number of ether oxygens (including phenoxy) is 1. The molecule has 1 aliphatic heterocycles. The van der Waals surface area contributed by atoms with E-state index in [9.17, 15) is 0 Å². The zero-order valence-electron chi connectivity index (χ0n) is 13.2. The van der Waals surface area contributed by atoms with Crippen LogP contribution in [0, 0.1) is 6.92 Å². The summed E-state index contributed by atoms with van der Waals surface area (Å²) in [7, 11) is 0. The Balaban J connectivity index is 2.02. The molecule has 2 nitrogen and oxygen atoms in total. The Hall–Kier alpha value is -0.860. The second kappa shape index (κ2) is 7.80. The van der Waals surface area contributed by atoms with E-state index in [-0.39, 0.29) is 0 Å². The molecular formula is C18H29NO. The first kappa shape index (κ1) is 15.5. The van der Waals surface area contributed by atoms with Gasteiger partial charge in [-0.1, -0.05) is 31.2 Å². The summed E-state index contributed by atoms with van der Waals surface area (Å²) in [6, 6.07) is 8.79. The molecule has 20 heavy (non-hydrogen) atoms. The molecule has 0 amide bonds. The van der Waals surface area contributed by atoms with E-state index < -0.39 is 0 Å². The van der Waals surface area contributed by atoms with Crippen LogP contribution in [0.5, 0.6) is 0 Å². The van der Waals surface area contributed by atoms with Gasteiger partial charge in [0, 0.05) is 6.54 Å². The van der Waals surface area contributed by atoms with Crippen molar-refractivity contribution in [2.75, 3.05) is 13.1 Å². The third-order valence-electron chi connectivity index (χ3n) is 4.31. The van der Waals surface area contributed by atoms with Gasteiger partial charge in [0.05, 0.1) is 12.2 Å². The molecule has 3 atom stereocenters. The minimum atomic E-state index is 0.443. The lowest BCUT2D eigenvalue weighted by Crippen LogP contribution is -2.26. The normalized spacial score (nSPS) is 23.9. The van der Waals surface area contributed by atoms with E-state index in [0.29, 0.717) is 18.1 Å². The SMILES string of the molecule is CCCNCC(CC1CCC(C)O1)c1ccccc1C. The van der Waals surface area contributed by atoms with E-state index in [2.05, 4.69) is 50.4 Å². The van der Waals surface area contributed by atoms with Gasteiger partial charge in [-0.15, -0.1) is 0 Å². The van der Waals surface area contributed by atoms with Gasteiger partial charge in [0.2, 0.25) is 0 Å². The van der Waals surface area contributed by atoms with Crippen LogP contribution in [0.15, 0.2) is 24.3 Å². The summed E-state index contributed by atoms with van der Waals surface area (Å²) in [5, 5.41) is 3.59. The van der Waals surface area contributed by atoms with E-state index in [1.807, 2.05) is 0 Å². The maximum Gasteiger partial charge on any atom is 0.0586 e. The summed E-state index contributed by atoms with van der Waals surface area (Å²) in [5.74, 6) is 0.568. The first-order valence-electron chi connectivity index (χ1n) is 8.12. The van der Waals surface area contributed by atoms with Crippen LogP contribution in [0.3, 0.4) is 0 Å². The van der Waals surface area contributed by atoms with Gasteiger partial charge in [0.1, 0.15) is 0 Å². The number of nitrogens with one attached hydrogen (secondary N) is 1. The smallest absolute Gasteiger partial charge is 0.0586 e. The van der Waals surface area contributed by atoms with E-state index in [1.165, 1.54) is 30.4 Å². The molecule has 0 aromatic heterocycles. The highest BCUT2D eigenvalue weighted by Crippen LogP contribution is 2.30. The molecular weight excluding hydrogens is 246 g/mol. The molecule has 1 fully saturated rings. The fourth-order valence-corrected chi connectivity index (χ4v) is 3.19. The zero-order valence-corrected chi connectivity index (χ0v) is 13.2. The molecule has 0 radical (unpaired) electrons. The summed E-state index contributed by atoms with van der Waals surface area (Å²) in [6.45, 7) is 8.80. The molecule has 0 bridgehead atoms. The molecule has 1 N–H and O–H groups in total. The second-order valence-electron chi connectivity index (χ2n) is 6.14. The molecule has 0 saturated carbocycles. The van der Waals surface area contributed by atoms with Crippen molar-refractivity contribution in [2.45, 2.75) is 64.6 Å². The van der Waals surface area contributed by atoms with Crippen molar-refractivity contribution in [2.24, 2.45) is 0 Å². The predicted molar refractivity (Wildman–Crippen MR) is 85.3 cm³/mol. The number of hydrogen-bond acceptors (Lipinski definition) is 2. The number of benzene rings is 1. The number of aryl methyl sites for hydroxylation is 1. The van der Waals surface area contributed by atoms with Crippen molar-refractivity contribution < 1.29 is 4.74 Å². The first-order valence-corrected chi connectivity index (χ1v) is 8.12. The van der Waals surface area contributed by atoms with Crippen molar-refractivity contribution in [3.05, 3.63) is 35.4 Å². The maximum atomic E-state index is 6.03. The minimum absolute atomic E-state index is 0.443. The maximum absolute atomic E-state index is 6.03. The number of rotatable bonds is 7. The highest BCUT2D eigenvalue weighted by Gasteiger charge is 2.26. The van der Waals surface area contributed by atoms with Crippen molar-refractivity contribution in [3.8, 4) is 0 Å². The highest BCUT2D eigenvalue weighted by molar-refractivity contribution is 5.29. The third kappa shape index (κ3) is 4.32. The van der Waals surface area contributed by atoms with Crippen LogP contribution in [-0.2, 0) is 4.74 Å². The molecule has 2 heteroatoms. The van der Waals surface area contributed by atoms with Crippen molar-refractivity contribution in [1.29, 1.82) is 0 Å². The fourth-order valence-electron chi connectivity index (χ4n) is 3.19. The minimum Gasteiger partial charge on any atom is -0.375 e. The van der Waals surface area contributed by atoms with Gasteiger partial charge in [-0.2, -0.15) is 0 Å². The highest BCUT2D eigenvalue weighted by atomic mass is 16.5. The molecule has 2 rings (SSSR count). The molecule has 0 spiro atoms. The molecule has 3 unspecified atom stereocenters. The Morgan fingerprint density at radius 1 is 1.30 bits per heavy atom. The predicted octanol–water partition coefficient (Wildman–Crippen LogP) is 4.04. The Morgan fingerprint density at radius 3 is 2.75 bits per heavy atom. The molecule has 0 aliphatic carbocycles. The van der Waals surface area contributed by atoms with Crippen molar-refractivity contribution in [3.63, 3.8) is 0 Å². The van der Waals surface area contributed by atoms with Crippen molar-refractivity contribution in [1.82, 2.24) is 5.32 Å². The average Bonchev–Trinajstić information content (AvgIpc) is 2.84. The van der Waals surface area contributed by atoms with Gasteiger partial charge < -0.3 is 10.1 Å². The molecule has 1 saturated heterocycles. The summed E-state index contributed by atoms with van der Waals surface area (Å²) >= 11 is 0. The Kier molecular flexibility index (Phi) is 6.06. The lowest BCUT2D eigenvalue weighted by Gasteiger charge is -2.23. The monoisotopic (exact) mass is 275 g/mol. The lowest BCUT2D eigenvalue weighted by molar-refractivity contribution is 0.0466. The Bertz CT molecular complexity index is 404. The van der Waals surface area contributed by atoms with Gasteiger partial charge in [-0.25, -0.2) is 0 Å². The van der Waals surface area contributed by atoms with Gasteiger partial charge in [0.15, 0.2) is 0 Å². The van der Waals surface area contributed by atoms with Gasteiger partial charge >= 0.3 is 0 Å². The zero-order chi connectivity index (χ0) is 14.4. The van der Waals surface area contributed by atoms with Gasteiger partial charge in [0.25, 0.3) is 0 Å². The summed E-state index contributed by atoms with van der Waals surface area (Å²) in [6.07, 6.45) is 5.66. The van der Waals surface area contributed by atoms with E-state index >= 15 is 0 Å². The first-order chi connectivity index (χ1) is 9.70.